The molecular formula is C9H13N3O. The molecule has 1 amide bonds. The van der Waals surface area contributed by atoms with E-state index < -0.39 is 0 Å². The van der Waals surface area contributed by atoms with E-state index >= 15 is 0 Å². The zero-order chi connectivity index (χ0) is 9.68. The second-order valence-corrected chi connectivity index (χ2v) is 2.82. The summed E-state index contributed by atoms with van der Waals surface area (Å²) in [6, 6.07) is 0. The second-order valence-electron chi connectivity index (χ2n) is 2.82. The molecule has 0 radical (unpaired) electrons. The normalized spacial score (nSPS) is 9.92. The predicted octanol–water partition coefficient (Wildman–Crippen LogP) is 0.457. The molecule has 0 saturated carbocycles. The highest BCUT2D eigenvalue weighted by Gasteiger charge is 1.99. The molecule has 4 nitrogen and oxygen atoms in total. The van der Waals surface area contributed by atoms with E-state index in [-0.39, 0.29) is 5.91 Å². The van der Waals surface area contributed by atoms with Gasteiger partial charge in [-0.15, -0.1) is 0 Å². The van der Waals surface area contributed by atoms with Crippen LogP contribution in [0.4, 0.5) is 0 Å². The molecule has 0 aliphatic carbocycles. The Morgan fingerprint density at radius 1 is 1.46 bits per heavy atom. The van der Waals surface area contributed by atoms with Gasteiger partial charge in [0.15, 0.2) is 0 Å². The summed E-state index contributed by atoms with van der Waals surface area (Å²) < 4.78 is 0. The smallest absolute Gasteiger partial charge is 0.217 e. The summed E-state index contributed by atoms with van der Waals surface area (Å²) >= 11 is 0. The van der Waals surface area contributed by atoms with E-state index in [9.17, 15) is 4.79 Å². The maximum atomic E-state index is 10.5. The van der Waals surface area contributed by atoms with Crippen LogP contribution in [0.5, 0.6) is 0 Å². The van der Waals surface area contributed by atoms with Crippen LogP contribution in [0.2, 0.25) is 0 Å². The van der Waals surface area contributed by atoms with Gasteiger partial charge in [0.25, 0.3) is 0 Å². The largest absolute Gasteiger partial charge is 0.370 e. The third-order valence-electron chi connectivity index (χ3n) is 1.72. The molecule has 0 spiro atoms. The van der Waals surface area contributed by atoms with Crippen LogP contribution in [0.15, 0.2) is 12.4 Å². The van der Waals surface area contributed by atoms with E-state index in [4.69, 9.17) is 5.73 Å². The molecular weight excluding hydrogens is 166 g/mol. The van der Waals surface area contributed by atoms with Gasteiger partial charge in [-0.2, -0.15) is 0 Å². The van der Waals surface area contributed by atoms with Crippen molar-refractivity contribution in [3.63, 3.8) is 0 Å². The number of rotatable bonds is 4. The van der Waals surface area contributed by atoms with Crippen molar-refractivity contribution in [2.75, 3.05) is 0 Å². The standard InChI is InChI=1S/C9H13N3O/c1-2-7-5-11-6-8(12-7)3-4-9(10)13/h5-6H,2-4H2,1H3,(H2,10,13). The van der Waals surface area contributed by atoms with Crippen LogP contribution in [0, 0.1) is 0 Å². The SMILES string of the molecule is CCc1cncc(CCC(N)=O)n1. The van der Waals surface area contributed by atoms with Gasteiger partial charge in [0.05, 0.1) is 11.4 Å². The number of nitrogens with two attached hydrogens (primary N) is 1. The Kier molecular flexibility index (Phi) is 3.37. The lowest BCUT2D eigenvalue weighted by Crippen LogP contribution is -2.12. The molecule has 1 rings (SSSR count). The molecule has 0 aromatic carbocycles. The quantitative estimate of drug-likeness (QED) is 0.729. The maximum Gasteiger partial charge on any atom is 0.217 e. The van der Waals surface area contributed by atoms with Gasteiger partial charge in [0, 0.05) is 18.8 Å². The molecule has 0 saturated heterocycles. The van der Waals surface area contributed by atoms with Crippen LogP contribution in [-0.4, -0.2) is 15.9 Å². The van der Waals surface area contributed by atoms with Crippen LogP contribution in [0.1, 0.15) is 24.7 Å². The molecule has 0 aliphatic heterocycles. The molecule has 4 heteroatoms. The first-order valence-electron chi connectivity index (χ1n) is 4.30. The van der Waals surface area contributed by atoms with Crippen molar-refractivity contribution < 1.29 is 4.79 Å². The lowest BCUT2D eigenvalue weighted by molar-refractivity contribution is -0.118. The highest BCUT2D eigenvalue weighted by molar-refractivity contribution is 5.73. The first-order valence-corrected chi connectivity index (χ1v) is 4.30. The molecule has 0 bridgehead atoms. The van der Waals surface area contributed by atoms with Gasteiger partial charge in [-0.05, 0) is 12.8 Å². The molecule has 70 valence electrons. The number of amides is 1. The van der Waals surface area contributed by atoms with Crippen LogP contribution >= 0.6 is 0 Å². The Labute approximate surface area is 77.2 Å². The van der Waals surface area contributed by atoms with Gasteiger partial charge < -0.3 is 5.73 Å². The second kappa shape index (κ2) is 4.54. The summed E-state index contributed by atoms with van der Waals surface area (Å²) in [4.78, 5) is 18.8. The monoisotopic (exact) mass is 179 g/mol. The molecule has 0 aliphatic rings. The van der Waals surface area contributed by atoms with Gasteiger partial charge in [-0.1, -0.05) is 6.92 Å². The lowest BCUT2D eigenvalue weighted by atomic mass is 10.2. The molecule has 1 aromatic heterocycles. The van der Waals surface area contributed by atoms with Crippen molar-refractivity contribution >= 4 is 5.91 Å². The Morgan fingerprint density at radius 3 is 2.77 bits per heavy atom. The van der Waals surface area contributed by atoms with E-state index in [0.717, 1.165) is 17.8 Å². The Hall–Kier alpha value is -1.45. The van der Waals surface area contributed by atoms with Gasteiger partial charge in [0.2, 0.25) is 5.91 Å². The summed E-state index contributed by atoms with van der Waals surface area (Å²) in [5.41, 5.74) is 6.80. The summed E-state index contributed by atoms with van der Waals surface area (Å²) in [5.74, 6) is -0.302. The van der Waals surface area contributed by atoms with Crippen molar-refractivity contribution in [3.05, 3.63) is 23.8 Å². The Bertz CT molecular complexity index is 299. The van der Waals surface area contributed by atoms with E-state index in [1.807, 2.05) is 6.92 Å². The van der Waals surface area contributed by atoms with E-state index in [1.165, 1.54) is 0 Å². The van der Waals surface area contributed by atoms with Crippen molar-refractivity contribution in [2.24, 2.45) is 5.73 Å². The third-order valence-corrected chi connectivity index (χ3v) is 1.72. The number of aryl methyl sites for hydroxylation is 2. The lowest BCUT2D eigenvalue weighted by Gasteiger charge is -1.99. The number of aromatic nitrogens is 2. The Balaban J connectivity index is 2.61. The summed E-state index contributed by atoms with van der Waals surface area (Å²) in [7, 11) is 0. The zero-order valence-corrected chi connectivity index (χ0v) is 7.66. The summed E-state index contributed by atoms with van der Waals surface area (Å²) in [6.45, 7) is 2.02. The van der Waals surface area contributed by atoms with Crippen LogP contribution in [0.3, 0.4) is 0 Å². The van der Waals surface area contributed by atoms with Gasteiger partial charge in [0.1, 0.15) is 0 Å². The van der Waals surface area contributed by atoms with Crippen molar-refractivity contribution in [1.29, 1.82) is 0 Å². The molecule has 0 unspecified atom stereocenters. The average Bonchev–Trinajstić information content (AvgIpc) is 2.15. The fourth-order valence-corrected chi connectivity index (χ4v) is 0.994. The number of nitrogens with zero attached hydrogens (tertiary/aromatic N) is 2. The molecule has 2 N–H and O–H groups in total. The fourth-order valence-electron chi connectivity index (χ4n) is 0.994. The van der Waals surface area contributed by atoms with E-state index in [0.29, 0.717) is 12.8 Å². The first-order chi connectivity index (χ1) is 6.22. The highest BCUT2D eigenvalue weighted by Crippen LogP contribution is 2.00. The van der Waals surface area contributed by atoms with Crippen molar-refractivity contribution in [2.45, 2.75) is 26.2 Å². The molecule has 1 aromatic rings. The van der Waals surface area contributed by atoms with Crippen LogP contribution in [-0.2, 0) is 17.6 Å². The number of carbonyl (C=O) groups excluding carboxylic acids is 1. The number of carbonyl (C=O) groups is 1. The van der Waals surface area contributed by atoms with Crippen molar-refractivity contribution in [1.82, 2.24) is 9.97 Å². The summed E-state index contributed by atoms with van der Waals surface area (Å²) in [5, 5.41) is 0. The minimum Gasteiger partial charge on any atom is -0.370 e. The van der Waals surface area contributed by atoms with E-state index in [2.05, 4.69) is 9.97 Å². The van der Waals surface area contributed by atoms with Crippen molar-refractivity contribution in [3.8, 4) is 0 Å². The fraction of sp³-hybridized carbons (Fsp3) is 0.444. The van der Waals surface area contributed by atoms with Crippen LogP contribution in [0.25, 0.3) is 0 Å². The topological polar surface area (TPSA) is 68.9 Å². The number of hydrogen-bond acceptors (Lipinski definition) is 3. The predicted molar refractivity (Wildman–Crippen MR) is 48.9 cm³/mol. The van der Waals surface area contributed by atoms with Crippen LogP contribution < -0.4 is 5.73 Å². The molecule has 13 heavy (non-hydrogen) atoms. The minimum absolute atomic E-state index is 0.302. The highest BCUT2D eigenvalue weighted by atomic mass is 16.1. The number of hydrogen-bond donors (Lipinski definition) is 1. The number of primary amides is 1. The molecule has 0 atom stereocenters. The Morgan fingerprint density at radius 2 is 2.15 bits per heavy atom. The van der Waals surface area contributed by atoms with Gasteiger partial charge in [-0.25, -0.2) is 0 Å². The van der Waals surface area contributed by atoms with Gasteiger partial charge in [-0.3, -0.25) is 14.8 Å². The first kappa shape index (κ1) is 9.64. The summed E-state index contributed by atoms with van der Waals surface area (Å²) in [6.07, 6.45) is 5.17. The van der Waals surface area contributed by atoms with E-state index in [1.54, 1.807) is 12.4 Å². The average molecular weight is 179 g/mol. The maximum absolute atomic E-state index is 10.5. The molecule has 0 fully saturated rings. The minimum atomic E-state index is -0.302. The van der Waals surface area contributed by atoms with Gasteiger partial charge >= 0.3 is 0 Å². The zero-order valence-electron chi connectivity index (χ0n) is 7.66. The third kappa shape index (κ3) is 3.19. The molecule has 1 heterocycles.